The van der Waals surface area contributed by atoms with E-state index in [4.69, 9.17) is 4.74 Å². The lowest BCUT2D eigenvalue weighted by Crippen LogP contribution is -2.53. The lowest BCUT2D eigenvalue weighted by molar-refractivity contribution is -0.143. The number of likely N-dealkylation sites (tertiary alicyclic amines) is 2. The lowest BCUT2D eigenvalue weighted by Gasteiger charge is -2.43. The van der Waals surface area contributed by atoms with E-state index >= 15 is 0 Å². The van der Waals surface area contributed by atoms with Crippen molar-refractivity contribution >= 4 is 22.7 Å². The van der Waals surface area contributed by atoms with Crippen molar-refractivity contribution in [3.8, 4) is 11.3 Å². The standard InChI is InChI=1S/C33H33F7N4O3/c34-24-3-4-28-26(17-24)27(18-29(41-28)21-14-22(32(35,36)37)16-23(15-21)33(38,39)40)31(46)42-8-5-25(6-9-42)44-7-1-2-20(19-44)30(45)43-10-12-47-13-11-43/h3-4,14-18,20,25H,1-2,5-13,19H2/t20-/m1/s1. The second-order valence-corrected chi connectivity index (χ2v) is 12.3. The number of ether oxygens (including phenoxy) is 1. The van der Waals surface area contributed by atoms with Gasteiger partial charge in [-0.2, -0.15) is 26.3 Å². The van der Waals surface area contributed by atoms with Gasteiger partial charge >= 0.3 is 12.4 Å². The molecule has 2 aromatic carbocycles. The van der Waals surface area contributed by atoms with Gasteiger partial charge in [-0.1, -0.05) is 0 Å². The summed E-state index contributed by atoms with van der Waals surface area (Å²) in [6.07, 6.45) is -7.22. The van der Waals surface area contributed by atoms with Gasteiger partial charge in [-0.3, -0.25) is 14.5 Å². The first-order chi connectivity index (χ1) is 22.3. The summed E-state index contributed by atoms with van der Waals surface area (Å²) in [6.45, 7) is 4.36. The molecule has 6 rings (SSSR count). The molecule has 4 heterocycles. The number of carbonyl (C=O) groups is 2. The topological polar surface area (TPSA) is 66.0 Å². The van der Waals surface area contributed by atoms with Gasteiger partial charge in [0, 0.05) is 49.7 Å². The van der Waals surface area contributed by atoms with Crippen molar-refractivity contribution in [2.45, 2.75) is 44.1 Å². The molecule has 2 amide bonds. The molecule has 0 N–H and O–H groups in total. The summed E-state index contributed by atoms with van der Waals surface area (Å²) < 4.78 is 101. The number of hydrogen-bond acceptors (Lipinski definition) is 5. The highest BCUT2D eigenvalue weighted by atomic mass is 19.4. The van der Waals surface area contributed by atoms with Crippen LogP contribution >= 0.6 is 0 Å². The summed E-state index contributed by atoms with van der Waals surface area (Å²) in [6, 6.07) is 5.79. The molecule has 14 heteroatoms. The molecule has 47 heavy (non-hydrogen) atoms. The van der Waals surface area contributed by atoms with Crippen LogP contribution in [-0.4, -0.2) is 90.0 Å². The number of nitrogens with zero attached hydrogens (tertiary/aromatic N) is 4. The summed E-state index contributed by atoms with van der Waals surface area (Å²) >= 11 is 0. The number of hydrogen-bond donors (Lipinski definition) is 0. The van der Waals surface area contributed by atoms with E-state index in [1.165, 1.54) is 6.07 Å². The van der Waals surface area contributed by atoms with E-state index in [1.807, 2.05) is 4.90 Å². The molecule has 0 unspecified atom stereocenters. The highest BCUT2D eigenvalue weighted by Gasteiger charge is 2.38. The predicted molar refractivity (Wildman–Crippen MR) is 158 cm³/mol. The van der Waals surface area contributed by atoms with Gasteiger partial charge in [0.1, 0.15) is 5.82 Å². The van der Waals surface area contributed by atoms with E-state index < -0.39 is 40.8 Å². The third-order valence-corrected chi connectivity index (χ3v) is 9.28. The SMILES string of the molecule is O=C(c1cc(-c2cc(C(F)(F)F)cc(C(F)(F)F)c2)nc2ccc(F)cc12)N1CCC(N2CCC[C@@H](C(=O)N3CCOCC3)C2)CC1. The van der Waals surface area contributed by atoms with Crippen LogP contribution in [0.1, 0.15) is 47.2 Å². The van der Waals surface area contributed by atoms with Gasteiger partial charge < -0.3 is 14.5 Å². The second kappa shape index (κ2) is 13.0. The minimum Gasteiger partial charge on any atom is -0.378 e. The first-order valence-corrected chi connectivity index (χ1v) is 15.6. The number of amides is 2. The van der Waals surface area contributed by atoms with E-state index in [2.05, 4.69) is 9.88 Å². The molecule has 0 saturated carbocycles. The van der Waals surface area contributed by atoms with E-state index in [-0.39, 0.29) is 46.1 Å². The summed E-state index contributed by atoms with van der Waals surface area (Å²) in [5, 5.41) is 0.101. The maximum Gasteiger partial charge on any atom is 0.416 e. The van der Waals surface area contributed by atoms with Crippen LogP contribution in [0.3, 0.4) is 0 Å². The van der Waals surface area contributed by atoms with Gasteiger partial charge in [0.2, 0.25) is 5.91 Å². The molecule has 3 aliphatic heterocycles. The van der Waals surface area contributed by atoms with Crippen molar-refractivity contribution in [3.05, 3.63) is 65.0 Å². The molecular formula is C33H33F7N4O3. The summed E-state index contributed by atoms with van der Waals surface area (Å²) in [7, 11) is 0. The van der Waals surface area contributed by atoms with Gasteiger partial charge in [-0.05, 0) is 74.7 Å². The number of halogens is 7. The van der Waals surface area contributed by atoms with E-state index in [1.54, 1.807) is 4.90 Å². The van der Waals surface area contributed by atoms with Crippen LogP contribution in [0.5, 0.6) is 0 Å². The molecule has 3 aliphatic rings. The molecule has 3 fully saturated rings. The third-order valence-electron chi connectivity index (χ3n) is 9.28. The fourth-order valence-corrected chi connectivity index (χ4v) is 6.81. The third kappa shape index (κ3) is 7.23. The van der Waals surface area contributed by atoms with Crippen molar-refractivity contribution < 1.29 is 45.1 Å². The molecular weight excluding hydrogens is 633 g/mol. The molecule has 0 spiro atoms. The Hall–Kier alpha value is -3.78. The van der Waals surface area contributed by atoms with E-state index in [0.717, 1.165) is 37.6 Å². The average molecular weight is 667 g/mol. The largest absolute Gasteiger partial charge is 0.416 e. The van der Waals surface area contributed by atoms with Crippen LogP contribution in [0.2, 0.25) is 0 Å². The zero-order chi connectivity index (χ0) is 33.5. The highest BCUT2D eigenvalue weighted by molar-refractivity contribution is 6.07. The van der Waals surface area contributed by atoms with Crippen LogP contribution in [0.15, 0.2) is 42.5 Å². The number of piperidine rings is 2. The highest BCUT2D eigenvalue weighted by Crippen LogP contribution is 2.39. The van der Waals surface area contributed by atoms with Crippen molar-refractivity contribution in [1.29, 1.82) is 0 Å². The summed E-state index contributed by atoms with van der Waals surface area (Å²) in [4.78, 5) is 37.0. The van der Waals surface area contributed by atoms with E-state index in [9.17, 15) is 40.3 Å². The molecule has 1 atom stereocenters. The molecule has 3 saturated heterocycles. The molecule has 0 radical (unpaired) electrons. The number of fused-ring (bicyclic) bond motifs is 1. The number of carbonyl (C=O) groups excluding carboxylic acids is 2. The number of benzene rings is 2. The minimum absolute atomic E-state index is 0.0270. The van der Waals surface area contributed by atoms with Gasteiger partial charge in [0.25, 0.3) is 5.91 Å². The number of rotatable bonds is 4. The normalized spacial score (nSPS) is 20.5. The average Bonchev–Trinajstić information content (AvgIpc) is 3.06. The van der Waals surface area contributed by atoms with Crippen molar-refractivity contribution in [1.82, 2.24) is 19.7 Å². The maximum absolute atomic E-state index is 14.3. The van der Waals surface area contributed by atoms with Crippen LogP contribution in [0, 0.1) is 11.7 Å². The maximum atomic E-state index is 14.3. The van der Waals surface area contributed by atoms with E-state index in [0.29, 0.717) is 70.9 Å². The Morgan fingerprint density at radius 3 is 2.09 bits per heavy atom. The first kappa shape index (κ1) is 33.1. The molecule has 0 bridgehead atoms. The van der Waals surface area contributed by atoms with Crippen LogP contribution < -0.4 is 0 Å². The summed E-state index contributed by atoms with van der Waals surface area (Å²) in [5.41, 5.74) is -3.78. The number of aromatic nitrogens is 1. The Labute approximate surface area is 266 Å². The Morgan fingerprint density at radius 1 is 0.787 bits per heavy atom. The Balaban J connectivity index is 1.23. The van der Waals surface area contributed by atoms with Gasteiger partial charge in [-0.25, -0.2) is 9.37 Å². The van der Waals surface area contributed by atoms with Crippen molar-refractivity contribution in [3.63, 3.8) is 0 Å². The van der Waals surface area contributed by atoms with Gasteiger partial charge in [0.05, 0.1) is 47.0 Å². The first-order valence-electron chi connectivity index (χ1n) is 15.6. The Kier molecular flexibility index (Phi) is 9.18. The van der Waals surface area contributed by atoms with Crippen LogP contribution in [0.4, 0.5) is 30.7 Å². The lowest BCUT2D eigenvalue weighted by atomic mass is 9.92. The zero-order valence-electron chi connectivity index (χ0n) is 25.3. The van der Waals surface area contributed by atoms with Gasteiger partial charge in [-0.15, -0.1) is 0 Å². The molecule has 3 aromatic rings. The fraction of sp³-hybridized carbons (Fsp3) is 0.485. The second-order valence-electron chi connectivity index (χ2n) is 12.3. The molecule has 1 aromatic heterocycles. The zero-order valence-corrected chi connectivity index (χ0v) is 25.3. The van der Waals surface area contributed by atoms with Crippen molar-refractivity contribution in [2.75, 3.05) is 52.5 Å². The smallest absolute Gasteiger partial charge is 0.378 e. The van der Waals surface area contributed by atoms with Crippen LogP contribution in [-0.2, 0) is 21.9 Å². The molecule has 252 valence electrons. The minimum atomic E-state index is -5.07. The Bertz CT molecular complexity index is 1620. The fourth-order valence-electron chi connectivity index (χ4n) is 6.81. The monoisotopic (exact) mass is 666 g/mol. The number of morpholine rings is 1. The summed E-state index contributed by atoms with van der Waals surface area (Å²) in [5.74, 6) is -1.16. The van der Waals surface area contributed by atoms with Gasteiger partial charge in [0.15, 0.2) is 0 Å². The molecule has 0 aliphatic carbocycles. The Morgan fingerprint density at radius 2 is 1.45 bits per heavy atom. The van der Waals surface area contributed by atoms with Crippen molar-refractivity contribution in [2.24, 2.45) is 5.92 Å². The quantitative estimate of drug-likeness (QED) is 0.308. The molecule has 7 nitrogen and oxygen atoms in total. The number of pyridine rings is 1. The number of alkyl halides is 6. The predicted octanol–water partition coefficient (Wildman–Crippen LogP) is 6.25. The van der Waals surface area contributed by atoms with Crippen LogP contribution in [0.25, 0.3) is 22.2 Å².